The summed E-state index contributed by atoms with van der Waals surface area (Å²) in [6.45, 7) is 7.42. The smallest absolute Gasteiger partial charge is 0.313 e. The minimum atomic E-state index is -0.646. The molecule has 0 radical (unpaired) electrons. The van der Waals surface area contributed by atoms with Crippen LogP contribution in [0.4, 0.5) is 5.69 Å². The van der Waals surface area contributed by atoms with Crippen LogP contribution in [0.1, 0.15) is 40.0 Å². The van der Waals surface area contributed by atoms with Crippen LogP contribution in [0, 0.1) is 5.92 Å². The number of hydrogen-bond acceptors (Lipinski definition) is 3. The van der Waals surface area contributed by atoms with E-state index in [2.05, 4.69) is 31.4 Å². The minimum Gasteiger partial charge on any atom is -0.493 e. The zero-order valence-corrected chi connectivity index (χ0v) is 13.6. The summed E-state index contributed by atoms with van der Waals surface area (Å²) in [4.78, 5) is 23.3. The van der Waals surface area contributed by atoms with Gasteiger partial charge in [-0.15, -0.1) is 0 Å². The van der Waals surface area contributed by atoms with Crippen molar-refractivity contribution in [2.45, 2.75) is 40.0 Å². The summed E-state index contributed by atoms with van der Waals surface area (Å²) < 4.78 is 5.56. The van der Waals surface area contributed by atoms with Crippen molar-refractivity contribution in [1.29, 1.82) is 0 Å². The van der Waals surface area contributed by atoms with E-state index in [1.54, 1.807) is 24.3 Å². The van der Waals surface area contributed by atoms with E-state index in [1.807, 2.05) is 0 Å². The minimum absolute atomic E-state index is 0.454. The second kappa shape index (κ2) is 9.82. The summed E-state index contributed by atoms with van der Waals surface area (Å²) in [6, 6.07) is 6.99. The maximum Gasteiger partial charge on any atom is 0.313 e. The molecule has 0 aliphatic heterocycles. The molecule has 0 aliphatic rings. The molecule has 0 aliphatic carbocycles. The highest BCUT2D eigenvalue weighted by atomic mass is 16.5. The van der Waals surface area contributed by atoms with E-state index in [0.717, 1.165) is 25.0 Å². The number of benzene rings is 1. The molecule has 5 nitrogen and oxygen atoms in total. The van der Waals surface area contributed by atoms with Crippen LogP contribution in [0.5, 0.6) is 5.75 Å². The Balaban J connectivity index is 2.39. The van der Waals surface area contributed by atoms with Crippen molar-refractivity contribution in [2.24, 2.45) is 5.92 Å². The predicted octanol–water partition coefficient (Wildman–Crippen LogP) is 2.97. The summed E-state index contributed by atoms with van der Waals surface area (Å²) in [7, 11) is 0. The molecule has 1 rings (SSSR count). The van der Waals surface area contributed by atoms with E-state index >= 15 is 0 Å². The molecule has 0 saturated carbocycles. The van der Waals surface area contributed by atoms with Crippen molar-refractivity contribution in [1.82, 2.24) is 5.32 Å². The van der Waals surface area contributed by atoms with E-state index in [-0.39, 0.29) is 0 Å². The first-order valence-corrected chi connectivity index (χ1v) is 7.85. The molecule has 0 saturated heterocycles. The van der Waals surface area contributed by atoms with Crippen LogP contribution < -0.4 is 15.4 Å². The zero-order chi connectivity index (χ0) is 16.4. The largest absolute Gasteiger partial charge is 0.493 e. The molecule has 0 bridgehead atoms. The van der Waals surface area contributed by atoms with Gasteiger partial charge in [-0.1, -0.05) is 33.6 Å². The number of ether oxygens (including phenoxy) is 1. The third-order valence-electron chi connectivity index (χ3n) is 2.97. The molecule has 1 aromatic carbocycles. The Labute approximate surface area is 132 Å². The van der Waals surface area contributed by atoms with E-state index in [1.165, 1.54) is 0 Å². The molecule has 122 valence electrons. The van der Waals surface area contributed by atoms with Gasteiger partial charge in [0.05, 0.1) is 6.61 Å². The Bertz CT molecular complexity index is 469. The van der Waals surface area contributed by atoms with Crippen LogP contribution in [0.25, 0.3) is 0 Å². The lowest BCUT2D eigenvalue weighted by Crippen LogP contribution is -2.35. The van der Waals surface area contributed by atoms with Crippen LogP contribution >= 0.6 is 0 Å². The summed E-state index contributed by atoms with van der Waals surface area (Å²) in [6.07, 6.45) is 3.00. The van der Waals surface area contributed by atoms with Gasteiger partial charge in [-0.25, -0.2) is 0 Å². The number of amides is 2. The van der Waals surface area contributed by atoms with Crippen LogP contribution in [0.15, 0.2) is 24.3 Å². The third kappa shape index (κ3) is 7.11. The second-order valence-corrected chi connectivity index (χ2v) is 5.65. The van der Waals surface area contributed by atoms with Crippen molar-refractivity contribution in [2.75, 3.05) is 18.5 Å². The summed E-state index contributed by atoms with van der Waals surface area (Å²) in [5, 5.41) is 5.17. The van der Waals surface area contributed by atoms with Crippen molar-refractivity contribution in [3.63, 3.8) is 0 Å². The molecule has 22 heavy (non-hydrogen) atoms. The number of nitrogens with one attached hydrogen (secondary N) is 2. The molecule has 0 unspecified atom stereocenters. The number of anilines is 1. The number of rotatable bonds is 8. The first kappa shape index (κ1) is 18.0. The first-order chi connectivity index (χ1) is 10.5. The van der Waals surface area contributed by atoms with Crippen molar-refractivity contribution >= 4 is 17.5 Å². The van der Waals surface area contributed by atoms with E-state index < -0.39 is 11.8 Å². The normalized spacial score (nSPS) is 10.4. The molecule has 0 atom stereocenters. The fourth-order valence-electron chi connectivity index (χ4n) is 1.74. The lowest BCUT2D eigenvalue weighted by Gasteiger charge is -2.10. The molecule has 2 amide bonds. The lowest BCUT2D eigenvalue weighted by molar-refractivity contribution is -0.136. The molecule has 0 heterocycles. The lowest BCUT2D eigenvalue weighted by atomic mass is 10.2. The zero-order valence-electron chi connectivity index (χ0n) is 13.6. The average Bonchev–Trinajstić information content (AvgIpc) is 2.50. The third-order valence-corrected chi connectivity index (χ3v) is 2.97. The van der Waals surface area contributed by atoms with Gasteiger partial charge in [0.25, 0.3) is 0 Å². The van der Waals surface area contributed by atoms with Crippen molar-refractivity contribution in [3.05, 3.63) is 24.3 Å². The Morgan fingerprint density at radius 1 is 1.09 bits per heavy atom. The molecule has 0 fully saturated rings. The topological polar surface area (TPSA) is 67.4 Å². The van der Waals surface area contributed by atoms with Gasteiger partial charge in [-0.3, -0.25) is 9.59 Å². The maximum absolute atomic E-state index is 11.7. The van der Waals surface area contributed by atoms with Gasteiger partial charge >= 0.3 is 11.8 Å². The number of unbranched alkanes of at least 4 members (excludes halogenated alkanes) is 2. The molecular formula is C17H26N2O3. The predicted molar refractivity (Wildman–Crippen MR) is 87.9 cm³/mol. The highest BCUT2D eigenvalue weighted by Gasteiger charge is 2.12. The van der Waals surface area contributed by atoms with Crippen LogP contribution in [0.2, 0.25) is 0 Å². The molecule has 5 heteroatoms. The average molecular weight is 306 g/mol. The van der Waals surface area contributed by atoms with E-state index in [9.17, 15) is 9.59 Å². The van der Waals surface area contributed by atoms with Gasteiger partial charge in [0, 0.05) is 12.2 Å². The SMILES string of the molecule is CCCCCNC(=O)C(=O)Nc1ccc(OCC(C)C)cc1. The molecular weight excluding hydrogens is 280 g/mol. The van der Waals surface area contributed by atoms with Gasteiger partial charge in [0.15, 0.2) is 0 Å². The Morgan fingerprint density at radius 2 is 1.77 bits per heavy atom. The summed E-state index contributed by atoms with van der Waals surface area (Å²) in [5.41, 5.74) is 0.575. The highest BCUT2D eigenvalue weighted by Crippen LogP contribution is 2.16. The van der Waals surface area contributed by atoms with E-state index in [4.69, 9.17) is 4.74 Å². The molecule has 2 N–H and O–H groups in total. The number of hydrogen-bond donors (Lipinski definition) is 2. The monoisotopic (exact) mass is 306 g/mol. The second-order valence-electron chi connectivity index (χ2n) is 5.65. The Hall–Kier alpha value is -2.04. The first-order valence-electron chi connectivity index (χ1n) is 7.85. The maximum atomic E-state index is 11.7. The van der Waals surface area contributed by atoms with Gasteiger partial charge in [-0.2, -0.15) is 0 Å². The van der Waals surface area contributed by atoms with Crippen molar-refractivity contribution in [3.8, 4) is 5.75 Å². The van der Waals surface area contributed by atoms with Gasteiger partial charge < -0.3 is 15.4 Å². The van der Waals surface area contributed by atoms with Crippen molar-refractivity contribution < 1.29 is 14.3 Å². The Kier molecular flexibility index (Phi) is 8.04. The van der Waals surface area contributed by atoms with Crippen LogP contribution in [0.3, 0.4) is 0 Å². The fraction of sp³-hybridized carbons (Fsp3) is 0.529. The standard InChI is InChI=1S/C17H26N2O3/c1-4-5-6-11-18-16(20)17(21)19-14-7-9-15(10-8-14)22-12-13(2)3/h7-10,13H,4-6,11-12H2,1-3H3,(H,18,20)(H,19,21). The van der Waals surface area contributed by atoms with Gasteiger partial charge in [0.2, 0.25) is 0 Å². The molecule has 1 aromatic rings. The highest BCUT2D eigenvalue weighted by molar-refractivity contribution is 6.39. The fourth-order valence-corrected chi connectivity index (χ4v) is 1.74. The molecule has 0 spiro atoms. The van der Waals surface area contributed by atoms with Crippen LogP contribution in [-0.2, 0) is 9.59 Å². The van der Waals surface area contributed by atoms with Gasteiger partial charge in [-0.05, 0) is 36.6 Å². The summed E-state index contributed by atoms with van der Waals surface area (Å²) in [5.74, 6) is -0.0462. The molecule has 0 aromatic heterocycles. The van der Waals surface area contributed by atoms with Crippen LogP contribution in [-0.4, -0.2) is 25.0 Å². The van der Waals surface area contributed by atoms with Gasteiger partial charge in [0.1, 0.15) is 5.75 Å². The Morgan fingerprint density at radius 3 is 2.36 bits per heavy atom. The van der Waals surface area contributed by atoms with E-state index in [0.29, 0.717) is 24.8 Å². The summed E-state index contributed by atoms with van der Waals surface area (Å²) >= 11 is 0. The number of carbonyl (C=O) groups is 2. The quantitative estimate of drug-likeness (QED) is 0.573. The number of carbonyl (C=O) groups excluding carboxylic acids is 2.